The maximum Gasteiger partial charge on any atom is 0.0361 e. The molecule has 2 heteroatoms. The lowest BCUT2D eigenvalue weighted by atomic mass is 10.2. The van der Waals surface area contributed by atoms with Crippen LogP contribution >= 0.6 is 0 Å². The molecule has 0 aromatic carbocycles. The van der Waals surface area contributed by atoms with Crippen molar-refractivity contribution in [3.8, 4) is 0 Å². The summed E-state index contributed by atoms with van der Waals surface area (Å²) in [5.41, 5.74) is 10.5. The highest BCUT2D eigenvalue weighted by molar-refractivity contribution is 4.71. The molecule has 0 aromatic heterocycles. The third-order valence-electron chi connectivity index (χ3n) is 0.869. The van der Waals surface area contributed by atoms with Gasteiger partial charge < -0.3 is 11.5 Å². The molecular formula is C5H13N2. The predicted molar refractivity (Wildman–Crippen MR) is 31.4 cm³/mol. The molecule has 0 spiro atoms. The van der Waals surface area contributed by atoms with Gasteiger partial charge in [-0.2, -0.15) is 0 Å². The molecule has 0 fully saturated rings. The fourth-order valence-electron chi connectivity index (χ4n) is 0.430. The SMILES string of the molecule is CCCC(N)[CH]N. The predicted octanol–water partition coefficient (Wildman–Crippen LogP) is 0.234. The van der Waals surface area contributed by atoms with Crippen LogP contribution in [0.3, 0.4) is 0 Å². The Morgan fingerprint density at radius 1 is 1.71 bits per heavy atom. The quantitative estimate of drug-likeness (QED) is 0.535. The van der Waals surface area contributed by atoms with Gasteiger partial charge in [0.05, 0.1) is 0 Å². The van der Waals surface area contributed by atoms with E-state index in [1.807, 2.05) is 0 Å². The van der Waals surface area contributed by atoms with E-state index in [0.29, 0.717) is 0 Å². The standard InChI is InChI=1S/C5H13N2/c1-2-3-5(7)4-6/h4-5H,2-3,6-7H2,1H3. The first kappa shape index (κ1) is 6.92. The van der Waals surface area contributed by atoms with Gasteiger partial charge >= 0.3 is 0 Å². The van der Waals surface area contributed by atoms with Gasteiger partial charge in [-0.25, -0.2) is 0 Å². The van der Waals surface area contributed by atoms with Crippen LogP contribution in [0.15, 0.2) is 0 Å². The Labute approximate surface area is 44.9 Å². The molecule has 4 N–H and O–H groups in total. The third kappa shape index (κ3) is 3.76. The third-order valence-corrected chi connectivity index (χ3v) is 0.869. The highest BCUT2D eigenvalue weighted by atomic mass is 14.7. The van der Waals surface area contributed by atoms with Crippen LogP contribution in [0.5, 0.6) is 0 Å². The van der Waals surface area contributed by atoms with Crippen molar-refractivity contribution in [3.63, 3.8) is 0 Å². The van der Waals surface area contributed by atoms with Crippen molar-refractivity contribution >= 4 is 0 Å². The Hall–Kier alpha value is -0.0800. The van der Waals surface area contributed by atoms with E-state index >= 15 is 0 Å². The van der Waals surface area contributed by atoms with Crippen LogP contribution in [0, 0.1) is 6.54 Å². The first-order valence-corrected chi connectivity index (χ1v) is 2.62. The average molecular weight is 101 g/mol. The second kappa shape index (κ2) is 4.09. The van der Waals surface area contributed by atoms with Crippen molar-refractivity contribution < 1.29 is 0 Å². The van der Waals surface area contributed by atoms with Crippen molar-refractivity contribution in [2.75, 3.05) is 0 Å². The zero-order valence-corrected chi connectivity index (χ0v) is 4.72. The molecule has 1 radical (unpaired) electrons. The summed E-state index contributed by atoms with van der Waals surface area (Å²) in [4.78, 5) is 0. The number of hydrogen-bond donors (Lipinski definition) is 2. The molecule has 43 valence electrons. The van der Waals surface area contributed by atoms with Gasteiger partial charge in [-0.15, -0.1) is 0 Å². The minimum absolute atomic E-state index is 0.102. The monoisotopic (exact) mass is 101 g/mol. The first-order chi connectivity index (χ1) is 3.31. The maximum absolute atomic E-state index is 5.40. The van der Waals surface area contributed by atoms with Gasteiger partial charge in [0, 0.05) is 12.6 Å². The Morgan fingerprint density at radius 3 is 2.43 bits per heavy atom. The smallest absolute Gasteiger partial charge is 0.0361 e. The molecule has 7 heavy (non-hydrogen) atoms. The average Bonchev–Trinajstić information content (AvgIpc) is 1.68. The fourth-order valence-corrected chi connectivity index (χ4v) is 0.430. The van der Waals surface area contributed by atoms with Crippen LogP contribution in [0.1, 0.15) is 19.8 Å². The summed E-state index contributed by atoms with van der Waals surface area (Å²) in [5.74, 6) is 0. The Balaban J connectivity index is 2.83. The van der Waals surface area contributed by atoms with Crippen LogP contribution in [0.4, 0.5) is 0 Å². The van der Waals surface area contributed by atoms with E-state index in [0.717, 1.165) is 12.8 Å². The molecule has 0 aliphatic rings. The van der Waals surface area contributed by atoms with E-state index in [-0.39, 0.29) is 6.04 Å². The van der Waals surface area contributed by atoms with Gasteiger partial charge in [0.2, 0.25) is 0 Å². The van der Waals surface area contributed by atoms with Crippen molar-refractivity contribution in [1.82, 2.24) is 0 Å². The fraction of sp³-hybridized carbons (Fsp3) is 0.800. The molecule has 0 aromatic rings. The molecule has 0 bridgehead atoms. The highest BCUT2D eigenvalue weighted by Crippen LogP contribution is 1.91. The zero-order chi connectivity index (χ0) is 5.70. The van der Waals surface area contributed by atoms with Gasteiger partial charge in [0.25, 0.3) is 0 Å². The lowest BCUT2D eigenvalue weighted by molar-refractivity contribution is 0.663. The Bertz CT molecular complexity index is 37.1. The molecule has 0 aliphatic carbocycles. The molecule has 0 saturated heterocycles. The van der Waals surface area contributed by atoms with Gasteiger partial charge in [0.15, 0.2) is 0 Å². The maximum atomic E-state index is 5.40. The first-order valence-electron chi connectivity index (χ1n) is 2.62. The van der Waals surface area contributed by atoms with Crippen LogP contribution in [-0.2, 0) is 0 Å². The van der Waals surface area contributed by atoms with E-state index < -0.39 is 0 Å². The second-order valence-electron chi connectivity index (χ2n) is 1.64. The van der Waals surface area contributed by atoms with Crippen LogP contribution in [0.25, 0.3) is 0 Å². The largest absolute Gasteiger partial charge is 0.326 e. The Kier molecular flexibility index (Phi) is 4.04. The normalized spacial score (nSPS) is 14.1. The minimum atomic E-state index is 0.102. The molecule has 0 rings (SSSR count). The van der Waals surface area contributed by atoms with Crippen molar-refractivity contribution in [2.45, 2.75) is 25.8 Å². The van der Waals surface area contributed by atoms with Crippen molar-refractivity contribution in [3.05, 3.63) is 6.54 Å². The summed E-state index contributed by atoms with van der Waals surface area (Å²) in [7, 11) is 0. The van der Waals surface area contributed by atoms with Gasteiger partial charge in [-0.1, -0.05) is 13.3 Å². The summed E-state index contributed by atoms with van der Waals surface area (Å²) >= 11 is 0. The van der Waals surface area contributed by atoms with E-state index in [2.05, 4.69) is 6.92 Å². The molecule has 0 aliphatic heterocycles. The topological polar surface area (TPSA) is 52.0 Å². The van der Waals surface area contributed by atoms with Crippen molar-refractivity contribution in [1.29, 1.82) is 0 Å². The van der Waals surface area contributed by atoms with E-state index in [9.17, 15) is 0 Å². The van der Waals surface area contributed by atoms with E-state index in [1.54, 1.807) is 0 Å². The summed E-state index contributed by atoms with van der Waals surface area (Å²) < 4.78 is 0. The summed E-state index contributed by atoms with van der Waals surface area (Å²) in [6.07, 6.45) is 2.10. The minimum Gasteiger partial charge on any atom is -0.326 e. The molecule has 0 amide bonds. The van der Waals surface area contributed by atoms with Crippen LogP contribution in [-0.4, -0.2) is 6.04 Å². The number of rotatable bonds is 3. The molecule has 2 nitrogen and oxygen atoms in total. The molecule has 1 atom stereocenters. The molecule has 0 heterocycles. The zero-order valence-electron chi connectivity index (χ0n) is 4.72. The molecule has 0 saturated carbocycles. The van der Waals surface area contributed by atoms with Crippen LogP contribution in [0.2, 0.25) is 0 Å². The van der Waals surface area contributed by atoms with E-state index in [1.165, 1.54) is 6.54 Å². The Morgan fingerprint density at radius 2 is 2.29 bits per heavy atom. The summed E-state index contributed by atoms with van der Waals surface area (Å²) in [6.45, 7) is 3.62. The number of hydrogen-bond acceptors (Lipinski definition) is 2. The van der Waals surface area contributed by atoms with Crippen molar-refractivity contribution in [2.24, 2.45) is 11.5 Å². The number of nitrogens with two attached hydrogens (primary N) is 2. The van der Waals surface area contributed by atoms with Gasteiger partial charge in [-0.3, -0.25) is 0 Å². The molecule has 1 unspecified atom stereocenters. The lowest BCUT2D eigenvalue weighted by Crippen LogP contribution is -2.23. The van der Waals surface area contributed by atoms with Gasteiger partial charge in [0.1, 0.15) is 0 Å². The van der Waals surface area contributed by atoms with Gasteiger partial charge in [-0.05, 0) is 6.42 Å². The molecular weight excluding hydrogens is 88.1 g/mol. The van der Waals surface area contributed by atoms with Crippen LogP contribution < -0.4 is 11.5 Å². The lowest BCUT2D eigenvalue weighted by Gasteiger charge is -2.02. The summed E-state index contributed by atoms with van der Waals surface area (Å²) in [6, 6.07) is 0.102. The summed E-state index contributed by atoms with van der Waals surface area (Å²) in [5, 5.41) is 0. The second-order valence-corrected chi connectivity index (χ2v) is 1.64. The highest BCUT2D eigenvalue weighted by Gasteiger charge is 1.93. The van der Waals surface area contributed by atoms with E-state index in [4.69, 9.17) is 11.5 Å².